The van der Waals surface area contributed by atoms with E-state index in [0.717, 1.165) is 10.8 Å². The summed E-state index contributed by atoms with van der Waals surface area (Å²) in [7, 11) is 3.67. The van der Waals surface area contributed by atoms with Crippen molar-refractivity contribution < 1.29 is 4.74 Å². The standard InChI is InChI=1S/C17H20ClNOS/c1-12(21-16-6-4-5-14(18)11-16)17(19-2)13-7-9-15(20-3)10-8-13/h4-12,17,19H,1-3H3. The predicted octanol–water partition coefficient (Wildman–Crippen LogP) is 4.79. The molecule has 2 aromatic carbocycles. The number of halogens is 1. The third-order valence-electron chi connectivity index (χ3n) is 3.37. The van der Waals surface area contributed by atoms with Crippen molar-refractivity contribution in [2.45, 2.75) is 23.1 Å². The third kappa shape index (κ3) is 4.40. The van der Waals surface area contributed by atoms with E-state index in [1.54, 1.807) is 7.11 Å². The van der Waals surface area contributed by atoms with Crippen molar-refractivity contribution in [3.05, 3.63) is 59.1 Å². The zero-order valence-electron chi connectivity index (χ0n) is 12.5. The largest absolute Gasteiger partial charge is 0.497 e. The number of methoxy groups -OCH3 is 1. The second-order valence-corrected chi connectivity index (χ2v) is 6.71. The first kappa shape index (κ1) is 16.2. The minimum Gasteiger partial charge on any atom is -0.497 e. The Morgan fingerprint density at radius 3 is 2.43 bits per heavy atom. The van der Waals surface area contributed by atoms with Crippen molar-refractivity contribution >= 4 is 23.4 Å². The molecule has 0 aromatic heterocycles. The van der Waals surface area contributed by atoms with Gasteiger partial charge in [-0.25, -0.2) is 0 Å². The average molecular weight is 322 g/mol. The van der Waals surface area contributed by atoms with Gasteiger partial charge < -0.3 is 10.1 Å². The molecular weight excluding hydrogens is 302 g/mol. The molecule has 112 valence electrons. The Balaban J connectivity index is 2.12. The fourth-order valence-corrected chi connectivity index (χ4v) is 3.77. The summed E-state index contributed by atoms with van der Waals surface area (Å²) in [5.41, 5.74) is 1.25. The van der Waals surface area contributed by atoms with Gasteiger partial charge >= 0.3 is 0 Å². The molecule has 0 fully saturated rings. The molecule has 0 bridgehead atoms. The van der Waals surface area contributed by atoms with Crippen LogP contribution in [0.25, 0.3) is 0 Å². The van der Waals surface area contributed by atoms with Crippen molar-refractivity contribution in [3.8, 4) is 5.75 Å². The first-order valence-corrected chi connectivity index (χ1v) is 8.13. The average Bonchev–Trinajstić information content (AvgIpc) is 2.48. The molecule has 2 unspecified atom stereocenters. The van der Waals surface area contributed by atoms with Gasteiger partial charge in [-0.2, -0.15) is 0 Å². The molecule has 0 saturated carbocycles. The van der Waals surface area contributed by atoms with Gasteiger partial charge in [0.1, 0.15) is 5.75 Å². The lowest BCUT2D eigenvalue weighted by Crippen LogP contribution is -2.25. The summed E-state index contributed by atoms with van der Waals surface area (Å²) in [6.07, 6.45) is 0. The molecular formula is C17H20ClNOS. The van der Waals surface area contributed by atoms with E-state index in [1.165, 1.54) is 10.5 Å². The van der Waals surface area contributed by atoms with E-state index >= 15 is 0 Å². The van der Waals surface area contributed by atoms with E-state index in [-0.39, 0.29) is 6.04 Å². The van der Waals surface area contributed by atoms with Crippen molar-refractivity contribution in [1.82, 2.24) is 5.32 Å². The first-order valence-electron chi connectivity index (χ1n) is 6.87. The summed E-state index contributed by atoms with van der Waals surface area (Å²) in [5.74, 6) is 0.878. The van der Waals surface area contributed by atoms with E-state index in [2.05, 4.69) is 30.4 Å². The van der Waals surface area contributed by atoms with Crippen LogP contribution in [0, 0.1) is 0 Å². The van der Waals surface area contributed by atoms with Crippen LogP contribution in [-0.2, 0) is 0 Å². The van der Waals surface area contributed by atoms with Crippen LogP contribution in [0.15, 0.2) is 53.4 Å². The van der Waals surface area contributed by atoms with Gasteiger partial charge in [-0.15, -0.1) is 11.8 Å². The predicted molar refractivity (Wildman–Crippen MR) is 91.6 cm³/mol. The summed E-state index contributed by atoms with van der Waals surface area (Å²) in [6, 6.07) is 16.4. The first-order chi connectivity index (χ1) is 10.1. The lowest BCUT2D eigenvalue weighted by Gasteiger charge is -2.24. The van der Waals surface area contributed by atoms with E-state index in [9.17, 15) is 0 Å². The molecule has 1 N–H and O–H groups in total. The number of rotatable bonds is 6. The SMILES string of the molecule is CNC(c1ccc(OC)cc1)C(C)Sc1cccc(Cl)c1. The zero-order valence-corrected chi connectivity index (χ0v) is 14.0. The highest BCUT2D eigenvalue weighted by atomic mass is 35.5. The lowest BCUT2D eigenvalue weighted by molar-refractivity contribution is 0.414. The van der Waals surface area contributed by atoms with Crippen LogP contribution in [0.4, 0.5) is 0 Å². The Hall–Kier alpha value is -1.16. The summed E-state index contributed by atoms with van der Waals surface area (Å²) >= 11 is 7.87. The molecule has 0 aliphatic carbocycles. The molecule has 0 amide bonds. The van der Waals surface area contributed by atoms with Crippen molar-refractivity contribution in [2.24, 2.45) is 0 Å². The summed E-state index contributed by atoms with van der Waals surface area (Å²) in [4.78, 5) is 1.18. The third-order valence-corrected chi connectivity index (χ3v) is 4.78. The maximum Gasteiger partial charge on any atom is 0.118 e. The van der Waals surface area contributed by atoms with Gasteiger partial charge in [0.2, 0.25) is 0 Å². The van der Waals surface area contributed by atoms with Crippen LogP contribution in [0.2, 0.25) is 5.02 Å². The number of ether oxygens (including phenoxy) is 1. The molecule has 2 atom stereocenters. The minimum absolute atomic E-state index is 0.264. The normalized spacial score (nSPS) is 13.7. The second-order valence-electron chi connectivity index (χ2n) is 4.82. The quantitative estimate of drug-likeness (QED) is 0.773. The summed E-state index contributed by atoms with van der Waals surface area (Å²) in [6.45, 7) is 2.22. The van der Waals surface area contributed by atoms with Crippen LogP contribution in [0.5, 0.6) is 5.75 Å². The molecule has 2 rings (SSSR count). The number of hydrogen-bond acceptors (Lipinski definition) is 3. The second kappa shape index (κ2) is 7.74. The fourth-order valence-electron chi connectivity index (χ4n) is 2.31. The van der Waals surface area contributed by atoms with E-state index in [1.807, 2.05) is 49.1 Å². The molecule has 0 aliphatic rings. The molecule has 21 heavy (non-hydrogen) atoms. The Labute approximate surface area is 135 Å². The molecule has 0 spiro atoms. The topological polar surface area (TPSA) is 21.3 Å². The highest BCUT2D eigenvalue weighted by Crippen LogP contribution is 2.33. The maximum atomic E-state index is 6.05. The van der Waals surface area contributed by atoms with Gasteiger partial charge in [0.25, 0.3) is 0 Å². The Kier molecular flexibility index (Phi) is 5.97. The van der Waals surface area contributed by atoms with Crippen LogP contribution >= 0.6 is 23.4 Å². The molecule has 2 nitrogen and oxygen atoms in total. The zero-order chi connectivity index (χ0) is 15.2. The number of thioether (sulfide) groups is 1. The van der Waals surface area contributed by atoms with E-state index in [0.29, 0.717) is 5.25 Å². The maximum absolute atomic E-state index is 6.05. The molecule has 0 radical (unpaired) electrons. The Bertz CT molecular complexity index is 573. The lowest BCUT2D eigenvalue weighted by atomic mass is 10.0. The minimum atomic E-state index is 0.264. The van der Waals surface area contributed by atoms with E-state index in [4.69, 9.17) is 16.3 Å². The van der Waals surface area contributed by atoms with Gasteiger partial charge in [-0.1, -0.05) is 36.7 Å². The van der Waals surface area contributed by atoms with Gasteiger partial charge in [0, 0.05) is 21.2 Å². The summed E-state index contributed by atoms with van der Waals surface area (Å²) in [5, 5.41) is 4.55. The van der Waals surface area contributed by atoms with Gasteiger partial charge in [0.15, 0.2) is 0 Å². The number of benzene rings is 2. The van der Waals surface area contributed by atoms with Crippen molar-refractivity contribution in [2.75, 3.05) is 14.2 Å². The van der Waals surface area contributed by atoms with Gasteiger partial charge in [-0.05, 0) is 42.9 Å². The molecule has 4 heteroatoms. The molecule has 0 heterocycles. The number of nitrogens with one attached hydrogen (secondary N) is 1. The van der Waals surface area contributed by atoms with E-state index < -0.39 is 0 Å². The van der Waals surface area contributed by atoms with Gasteiger partial charge in [0.05, 0.1) is 7.11 Å². The summed E-state index contributed by atoms with van der Waals surface area (Å²) < 4.78 is 5.21. The molecule has 0 saturated heterocycles. The van der Waals surface area contributed by atoms with Gasteiger partial charge in [-0.3, -0.25) is 0 Å². The molecule has 2 aromatic rings. The monoisotopic (exact) mass is 321 g/mol. The Morgan fingerprint density at radius 2 is 1.86 bits per heavy atom. The highest BCUT2D eigenvalue weighted by molar-refractivity contribution is 8.00. The van der Waals surface area contributed by atoms with Crippen LogP contribution in [0.3, 0.4) is 0 Å². The molecule has 0 aliphatic heterocycles. The van der Waals surface area contributed by atoms with Crippen molar-refractivity contribution in [3.63, 3.8) is 0 Å². The highest BCUT2D eigenvalue weighted by Gasteiger charge is 2.18. The number of hydrogen-bond donors (Lipinski definition) is 1. The van der Waals surface area contributed by atoms with Crippen LogP contribution in [-0.4, -0.2) is 19.4 Å². The van der Waals surface area contributed by atoms with Crippen LogP contribution in [0.1, 0.15) is 18.5 Å². The fraction of sp³-hybridized carbons (Fsp3) is 0.294. The van der Waals surface area contributed by atoms with Crippen molar-refractivity contribution in [1.29, 1.82) is 0 Å². The van der Waals surface area contributed by atoms with Crippen LogP contribution < -0.4 is 10.1 Å². The Morgan fingerprint density at radius 1 is 1.14 bits per heavy atom. The smallest absolute Gasteiger partial charge is 0.118 e.